The van der Waals surface area contributed by atoms with Gasteiger partial charge in [-0.2, -0.15) is 0 Å². The Kier molecular flexibility index (Phi) is 6.84. The second-order valence-corrected chi connectivity index (χ2v) is 10.6. The molecule has 30 heavy (non-hydrogen) atoms. The summed E-state index contributed by atoms with van der Waals surface area (Å²) in [6.07, 6.45) is 1.67. The zero-order chi connectivity index (χ0) is 21.9. The average molecular weight is 438 g/mol. The zero-order valence-electron chi connectivity index (χ0n) is 17.9. The van der Waals surface area contributed by atoms with Gasteiger partial charge < -0.3 is 14.5 Å². The molecule has 2 aliphatic heterocycles. The van der Waals surface area contributed by atoms with Crippen LogP contribution >= 0.6 is 0 Å². The van der Waals surface area contributed by atoms with Crippen LogP contribution in [0, 0.1) is 5.41 Å². The van der Waals surface area contributed by atoms with Crippen molar-refractivity contribution in [2.45, 2.75) is 44.6 Å². The first-order valence-electron chi connectivity index (χ1n) is 10.4. The number of sulfonamides is 1. The number of carbonyl (C=O) groups is 2. The molecule has 0 aromatic heterocycles. The summed E-state index contributed by atoms with van der Waals surface area (Å²) in [4.78, 5) is 28.8. The molecule has 3 rings (SSSR count). The number of carbonyl (C=O) groups excluding carboxylic acids is 2. The summed E-state index contributed by atoms with van der Waals surface area (Å²) in [5.41, 5.74) is -0.128. The highest BCUT2D eigenvalue weighted by Gasteiger charge is 2.31. The van der Waals surface area contributed by atoms with Gasteiger partial charge in [-0.05, 0) is 31.0 Å². The smallest absolute Gasteiger partial charge is 0.254 e. The zero-order valence-corrected chi connectivity index (χ0v) is 18.7. The van der Waals surface area contributed by atoms with Crippen molar-refractivity contribution in [3.05, 3.63) is 29.8 Å². The maximum atomic E-state index is 12.9. The third-order valence-electron chi connectivity index (χ3n) is 5.41. The summed E-state index contributed by atoms with van der Waals surface area (Å²) in [7, 11) is -3.72. The van der Waals surface area contributed by atoms with Gasteiger partial charge in [-0.3, -0.25) is 9.59 Å². The molecule has 0 bridgehead atoms. The van der Waals surface area contributed by atoms with Crippen molar-refractivity contribution in [3.63, 3.8) is 0 Å². The molecule has 166 valence electrons. The van der Waals surface area contributed by atoms with E-state index in [1.54, 1.807) is 21.9 Å². The Morgan fingerprint density at radius 3 is 2.40 bits per heavy atom. The molecule has 0 spiro atoms. The van der Waals surface area contributed by atoms with Crippen LogP contribution in [-0.4, -0.2) is 75.5 Å². The van der Waals surface area contributed by atoms with E-state index in [0.29, 0.717) is 38.3 Å². The highest BCUT2D eigenvalue weighted by molar-refractivity contribution is 7.89. The normalized spacial score (nSPS) is 20.4. The molecular formula is C21H31N3O5S. The third kappa shape index (κ3) is 5.39. The first kappa shape index (κ1) is 22.7. The molecular weight excluding hydrogens is 406 g/mol. The van der Waals surface area contributed by atoms with Crippen molar-refractivity contribution in [1.82, 2.24) is 14.5 Å². The quantitative estimate of drug-likeness (QED) is 0.753. The van der Waals surface area contributed by atoms with E-state index >= 15 is 0 Å². The van der Waals surface area contributed by atoms with Crippen molar-refractivity contribution in [3.8, 4) is 0 Å². The summed E-state index contributed by atoms with van der Waals surface area (Å²) in [5, 5.41) is 0. The Hall–Kier alpha value is -1.97. The van der Waals surface area contributed by atoms with Gasteiger partial charge in [0.15, 0.2) is 0 Å². The van der Waals surface area contributed by atoms with Gasteiger partial charge in [-0.25, -0.2) is 13.1 Å². The van der Waals surface area contributed by atoms with Gasteiger partial charge in [-0.1, -0.05) is 26.8 Å². The van der Waals surface area contributed by atoms with Crippen LogP contribution < -0.4 is 4.72 Å². The van der Waals surface area contributed by atoms with E-state index in [1.807, 2.05) is 20.8 Å². The van der Waals surface area contributed by atoms with Gasteiger partial charge >= 0.3 is 0 Å². The van der Waals surface area contributed by atoms with E-state index in [1.165, 1.54) is 12.1 Å². The van der Waals surface area contributed by atoms with Crippen molar-refractivity contribution in [1.29, 1.82) is 0 Å². The van der Waals surface area contributed by atoms with Gasteiger partial charge in [0.1, 0.15) is 0 Å². The van der Waals surface area contributed by atoms with E-state index < -0.39 is 15.4 Å². The maximum absolute atomic E-state index is 12.9. The second kappa shape index (κ2) is 9.03. The minimum absolute atomic E-state index is 0.0629. The van der Waals surface area contributed by atoms with Gasteiger partial charge in [0.05, 0.1) is 11.0 Å². The lowest BCUT2D eigenvalue weighted by Gasteiger charge is -2.37. The van der Waals surface area contributed by atoms with Gasteiger partial charge in [-0.15, -0.1) is 0 Å². The van der Waals surface area contributed by atoms with E-state index in [0.717, 1.165) is 12.8 Å². The SMILES string of the molecule is CC(C)(C)C(=O)N1CCN(C(=O)c2cccc(S(=O)(=O)NCC3CCCO3)c2)CC1. The number of nitrogens with zero attached hydrogens (tertiary/aromatic N) is 2. The van der Waals surface area contributed by atoms with Crippen LogP contribution in [0.4, 0.5) is 0 Å². The topological polar surface area (TPSA) is 96.0 Å². The summed E-state index contributed by atoms with van der Waals surface area (Å²) < 4.78 is 33.3. The Morgan fingerprint density at radius 1 is 1.13 bits per heavy atom. The number of amides is 2. The Morgan fingerprint density at radius 2 is 1.80 bits per heavy atom. The molecule has 8 nitrogen and oxygen atoms in total. The van der Waals surface area contributed by atoms with E-state index in [4.69, 9.17) is 4.74 Å². The largest absolute Gasteiger partial charge is 0.377 e. The van der Waals surface area contributed by atoms with Crippen LogP contribution in [-0.2, 0) is 19.6 Å². The molecule has 1 N–H and O–H groups in total. The molecule has 0 saturated carbocycles. The van der Waals surface area contributed by atoms with E-state index in [-0.39, 0.29) is 29.4 Å². The Labute approximate surface area is 178 Å². The molecule has 0 radical (unpaired) electrons. The Balaban J connectivity index is 1.63. The maximum Gasteiger partial charge on any atom is 0.254 e. The minimum Gasteiger partial charge on any atom is -0.377 e. The van der Waals surface area contributed by atoms with Crippen molar-refractivity contribution in [2.24, 2.45) is 5.41 Å². The molecule has 2 fully saturated rings. The summed E-state index contributed by atoms with van der Waals surface area (Å²) >= 11 is 0. The third-order valence-corrected chi connectivity index (χ3v) is 6.83. The van der Waals surface area contributed by atoms with E-state index in [2.05, 4.69) is 4.72 Å². The van der Waals surface area contributed by atoms with Crippen molar-refractivity contribution >= 4 is 21.8 Å². The molecule has 0 aliphatic carbocycles. The lowest BCUT2D eigenvalue weighted by molar-refractivity contribution is -0.140. The number of piperazine rings is 1. The second-order valence-electron chi connectivity index (χ2n) is 8.85. The van der Waals surface area contributed by atoms with Crippen molar-refractivity contribution in [2.75, 3.05) is 39.3 Å². The molecule has 1 unspecified atom stereocenters. The summed E-state index contributed by atoms with van der Waals surface area (Å²) in [6, 6.07) is 6.09. The fourth-order valence-corrected chi connectivity index (χ4v) is 4.77. The predicted molar refractivity (Wildman–Crippen MR) is 113 cm³/mol. The van der Waals surface area contributed by atoms with Gasteiger partial charge in [0, 0.05) is 50.3 Å². The number of hydrogen-bond acceptors (Lipinski definition) is 5. The number of nitrogens with one attached hydrogen (secondary N) is 1. The summed E-state index contributed by atoms with van der Waals surface area (Å²) in [5.74, 6) is -0.158. The Bertz CT molecular complexity index is 880. The molecule has 2 saturated heterocycles. The number of hydrogen-bond donors (Lipinski definition) is 1. The van der Waals surface area contributed by atoms with Crippen LogP contribution in [0.15, 0.2) is 29.2 Å². The number of ether oxygens (including phenoxy) is 1. The molecule has 1 atom stereocenters. The first-order chi connectivity index (χ1) is 14.1. The minimum atomic E-state index is -3.72. The highest BCUT2D eigenvalue weighted by Crippen LogP contribution is 2.20. The molecule has 2 heterocycles. The molecule has 1 aromatic rings. The molecule has 2 amide bonds. The van der Waals surface area contributed by atoms with Crippen LogP contribution in [0.5, 0.6) is 0 Å². The number of rotatable bonds is 5. The average Bonchev–Trinajstić information content (AvgIpc) is 3.25. The fourth-order valence-electron chi connectivity index (χ4n) is 3.66. The predicted octanol–water partition coefficient (Wildman–Crippen LogP) is 1.47. The lowest BCUT2D eigenvalue weighted by atomic mass is 9.94. The van der Waals surface area contributed by atoms with Crippen molar-refractivity contribution < 1.29 is 22.7 Å². The van der Waals surface area contributed by atoms with Crippen LogP contribution in [0.3, 0.4) is 0 Å². The highest BCUT2D eigenvalue weighted by atomic mass is 32.2. The van der Waals surface area contributed by atoms with Gasteiger partial charge in [0.2, 0.25) is 15.9 Å². The fraction of sp³-hybridized carbons (Fsp3) is 0.619. The summed E-state index contributed by atoms with van der Waals surface area (Å²) in [6.45, 7) is 8.33. The van der Waals surface area contributed by atoms with Crippen LogP contribution in [0.1, 0.15) is 44.0 Å². The lowest BCUT2D eigenvalue weighted by Crippen LogP contribution is -2.53. The van der Waals surface area contributed by atoms with Crippen LogP contribution in [0.2, 0.25) is 0 Å². The first-order valence-corrected chi connectivity index (χ1v) is 11.9. The standard InChI is InChI=1S/C21H31N3O5S/c1-21(2,3)20(26)24-11-9-23(10-12-24)19(25)16-6-4-8-18(14-16)30(27,28)22-15-17-7-5-13-29-17/h4,6,8,14,17,22H,5,7,9-13,15H2,1-3H3. The van der Waals surface area contributed by atoms with Gasteiger partial charge in [0.25, 0.3) is 5.91 Å². The van der Waals surface area contributed by atoms with E-state index in [9.17, 15) is 18.0 Å². The number of benzene rings is 1. The molecule has 9 heteroatoms. The van der Waals surface area contributed by atoms with Crippen LogP contribution in [0.25, 0.3) is 0 Å². The molecule has 2 aliphatic rings. The molecule has 1 aromatic carbocycles. The monoisotopic (exact) mass is 437 g/mol.